The molecular weight excluding hydrogens is 228 g/mol. The Morgan fingerprint density at radius 2 is 2.24 bits per heavy atom. The fourth-order valence-electron chi connectivity index (χ4n) is 2.50. The second-order valence-electron chi connectivity index (χ2n) is 4.65. The maximum atomic E-state index is 9.27. The third-order valence-electron chi connectivity index (χ3n) is 3.56. The van der Waals surface area contributed by atoms with Gasteiger partial charge in [0.15, 0.2) is 0 Å². The van der Waals surface area contributed by atoms with Crippen LogP contribution in [-0.4, -0.2) is 12.3 Å². The van der Waals surface area contributed by atoms with Crippen molar-refractivity contribution in [2.24, 2.45) is 5.92 Å². The first-order valence-corrected chi connectivity index (χ1v) is 7.32. The molecule has 0 bridgehead atoms. The van der Waals surface area contributed by atoms with Crippen molar-refractivity contribution >= 4 is 17.4 Å². The van der Waals surface area contributed by atoms with Crippen LogP contribution in [-0.2, 0) is 0 Å². The molecule has 0 saturated heterocycles. The highest BCUT2D eigenvalue weighted by Gasteiger charge is 2.23. The van der Waals surface area contributed by atoms with E-state index in [1.165, 1.54) is 19.3 Å². The van der Waals surface area contributed by atoms with Crippen molar-refractivity contribution in [2.75, 3.05) is 11.6 Å². The summed E-state index contributed by atoms with van der Waals surface area (Å²) in [6.07, 6.45) is 5.82. The van der Waals surface area contributed by atoms with Crippen LogP contribution in [0.2, 0.25) is 0 Å². The normalized spacial score (nSPS) is 23.4. The molecule has 1 aliphatic rings. The van der Waals surface area contributed by atoms with Crippen molar-refractivity contribution in [1.82, 2.24) is 0 Å². The van der Waals surface area contributed by atoms with Gasteiger partial charge < -0.3 is 5.32 Å². The third-order valence-corrected chi connectivity index (χ3v) is 4.34. The molecule has 3 heteroatoms. The number of anilines is 1. The molecule has 0 spiro atoms. The van der Waals surface area contributed by atoms with Gasteiger partial charge in [-0.3, -0.25) is 0 Å². The Bertz CT molecular complexity index is 436. The van der Waals surface area contributed by atoms with Gasteiger partial charge in [-0.15, -0.1) is 11.8 Å². The lowest BCUT2D eigenvalue weighted by Gasteiger charge is -2.20. The van der Waals surface area contributed by atoms with E-state index in [9.17, 15) is 5.26 Å². The number of benzene rings is 1. The number of hydrogen-bond donors (Lipinski definition) is 1. The molecular formula is C14H18N2S. The van der Waals surface area contributed by atoms with Crippen LogP contribution >= 0.6 is 11.8 Å². The van der Waals surface area contributed by atoms with Crippen molar-refractivity contribution in [3.05, 3.63) is 23.8 Å². The van der Waals surface area contributed by atoms with Gasteiger partial charge in [0.1, 0.15) is 6.07 Å². The summed E-state index contributed by atoms with van der Waals surface area (Å²) in [7, 11) is 0. The molecule has 0 aromatic heterocycles. The van der Waals surface area contributed by atoms with Gasteiger partial charge in [0.25, 0.3) is 0 Å². The Kier molecular flexibility index (Phi) is 3.96. The zero-order valence-electron chi connectivity index (χ0n) is 10.4. The standard InChI is InChI=1S/C14H18N2S/c1-10-5-3-6-12(10)16-13-7-4-8-14(17-2)11(13)9-15/h4,7-8,10,12,16H,3,5-6H2,1-2H3. The van der Waals surface area contributed by atoms with E-state index in [1.54, 1.807) is 11.8 Å². The smallest absolute Gasteiger partial charge is 0.102 e. The summed E-state index contributed by atoms with van der Waals surface area (Å²) in [4.78, 5) is 1.06. The largest absolute Gasteiger partial charge is 0.381 e. The van der Waals surface area contributed by atoms with E-state index < -0.39 is 0 Å². The first-order chi connectivity index (χ1) is 8.26. The molecule has 2 unspecified atom stereocenters. The molecule has 1 N–H and O–H groups in total. The van der Waals surface area contributed by atoms with Gasteiger partial charge >= 0.3 is 0 Å². The monoisotopic (exact) mass is 246 g/mol. The zero-order chi connectivity index (χ0) is 12.3. The third kappa shape index (κ3) is 2.58. The van der Waals surface area contributed by atoms with Crippen molar-refractivity contribution in [3.63, 3.8) is 0 Å². The number of nitrogens with zero attached hydrogens (tertiary/aromatic N) is 1. The molecule has 1 aromatic rings. The molecule has 0 heterocycles. The minimum absolute atomic E-state index is 0.527. The summed E-state index contributed by atoms with van der Waals surface area (Å²) < 4.78 is 0. The van der Waals surface area contributed by atoms with Gasteiger partial charge in [0, 0.05) is 10.9 Å². The molecule has 1 aromatic carbocycles. The summed E-state index contributed by atoms with van der Waals surface area (Å²) in [5.41, 5.74) is 1.79. The van der Waals surface area contributed by atoms with Gasteiger partial charge in [-0.25, -0.2) is 0 Å². The Balaban J connectivity index is 2.23. The molecule has 2 atom stereocenters. The van der Waals surface area contributed by atoms with Gasteiger partial charge in [-0.1, -0.05) is 19.4 Å². The highest BCUT2D eigenvalue weighted by molar-refractivity contribution is 7.98. The molecule has 17 heavy (non-hydrogen) atoms. The van der Waals surface area contributed by atoms with E-state index in [4.69, 9.17) is 0 Å². The Labute approximate surface area is 107 Å². The van der Waals surface area contributed by atoms with Crippen molar-refractivity contribution in [2.45, 2.75) is 37.1 Å². The highest BCUT2D eigenvalue weighted by Crippen LogP contribution is 2.31. The number of nitriles is 1. The van der Waals surface area contributed by atoms with Crippen molar-refractivity contribution < 1.29 is 0 Å². The molecule has 0 radical (unpaired) electrons. The van der Waals surface area contributed by atoms with Crippen molar-refractivity contribution in [1.29, 1.82) is 5.26 Å². The molecule has 2 rings (SSSR count). The van der Waals surface area contributed by atoms with Crippen LogP contribution < -0.4 is 5.32 Å². The molecule has 1 fully saturated rings. The molecule has 0 amide bonds. The van der Waals surface area contributed by atoms with E-state index in [2.05, 4.69) is 18.3 Å². The lowest BCUT2D eigenvalue weighted by molar-refractivity contribution is 0.556. The van der Waals surface area contributed by atoms with Crippen LogP contribution in [0.15, 0.2) is 23.1 Å². The van der Waals surface area contributed by atoms with Gasteiger partial charge in [0.05, 0.1) is 11.3 Å². The summed E-state index contributed by atoms with van der Waals surface area (Å²) in [6, 6.07) is 8.89. The van der Waals surface area contributed by atoms with Gasteiger partial charge in [-0.05, 0) is 37.1 Å². The van der Waals surface area contributed by atoms with Crippen LogP contribution in [0, 0.1) is 17.2 Å². The topological polar surface area (TPSA) is 35.8 Å². The van der Waals surface area contributed by atoms with Crippen molar-refractivity contribution in [3.8, 4) is 6.07 Å². The van der Waals surface area contributed by atoms with Gasteiger partial charge in [-0.2, -0.15) is 5.26 Å². The highest BCUT2D eigenvalue weighted by atomic mass is 32.2. The summed E-state index contributed by atoms with van der Waals surface area (Å²) in [5, 5.41) is 12.8. The number of hydrogen-bond acceptors (Lipinski definition) is 3. The Morgan fingerprint density at radius 3 is 2.82 bits per heavy atom. The van der Waals surface area contributed by atoms with Crippen LogP contribution in [0.5, 0.6) is 0 Å². The average molecular weight is 246 g/mol. The van der Waals surface area contributed by atoms with Crippen LogP contribution in [0.25, 0.3) is 0 Å². The predicted octanol–water partition coefficient (Wildman–Crippen LogP) is 3.88. The summed E-state index contributed by atoms with van der Waals surface area (Å²) in [6.45, 7) is 2.29. The van der Waals surface area contributed by atoms with E-state index in [-0.39, 0.29) is 0 Å². The maximum absolute atomic E-state index is 9.27. The minimum atomic E-state index is 0.527. The maximum Gasteiger partial charge on any atom is 0.102 e. The quantitative estimate of drug-likeness (QED) is 0.822. The van der Waals surface area contributed by atoms with E-state index in [0.717, 1.165) is 16.1 Å². The molecule has 1 saturated carbocycles. The Hall–Kier alpha value is -1.14. The minimum Gasteiger partial charge on any atom is -0.381 e. The number of rotatable bonds is 3. The zero-order valence-corrected chi connectivity index (χ0v) is 11.2. The van der Waals surface area contributed by atoms with Crippen LogP contribution in [0.4, 0.5) is 5.69 Å². The average Bonchev–Trinajstić information content (AvgIpc) is 2.74. The van der Waals surface area contributed by atoms with E-state index in [0.29, 0.717) is 12.0 Å². The van der Waals surface area contributed by atoms with E-state index in [1.807, 2.05) is 24.5 Å². The second-order valence-corrected chi connectivity index (χ2v) is 5.50. The lowest BCUT2D eigenvalue weighted by Crippen LogP contribution is -2.22. The van der Waals surface area contributed by atoms with E-state index >= 15 is 0 Å². The first-order valence-electron chi connectivity index (χ1n) is 6.10. The molecule has 2 nitrogen and oxygen atoms in total. The second kappa shape index (κ2) is 5.46. The molecule has 0 aliphatic heterocycles. The Morgan fingerprint density at radius 1 is 1.41 bits per heavy atom. The lowest BCUT2D eigenvalue weighted by atomic mass is 10.1. The number of thioether (sulfide) groups is 1. The fourth-order valence-corrected chi connectivity index (χ4v) is 3.07. The SMILES string of the molecule is CSc1cccc(NC2CCCC2C)c1C#N. The fraction of sp³-hybridized carbons (Fsp3) is 0.500. The number of nitrogens with one attached hydrogen (secondary N) is 1. The molecule has 1 aliphatic carbocycles. The predicted molar refractivity (Wildman–Crippen MR) is 73.4 cm³/mol. The summed E-state index contributed by atoms with van der Waals surface area (Å²) >= 11 is 1.63. The first kappa shape index (κ1) is 12.3. The summed E-state index contributed by atoms with van der Waals surface area (Å²) in [5.74, 6) is 0.708. The van der Waals surface area contributed by atoms with Crippen LogP contribution in [0.1, 0.15) is 31.7 Å². The molecule has 90 valence electrons. The van der Waals surface area contributed by atoms with Crippen LogP contribution in [0.3, 0.4) is 0 Å². The van der Waals surface area contributed by atoms with Gasteiger partial charge in [0.2, 0.25) is 0 Å².